The maximum Gasteiger partial charge on any atom is 0.252 e. The molecule has 31 heavy (non-hydrogen) atoms. The third-order valence-corrected chi connectivity index (χ3v) is 9.55. The van der Waals surface area contributed by atoms with E-state index in [1.54, 1.807) is 16.4 Å². The summed E-state index contributed by atoms with van der Waals surface area (Å²) < 4.78 is 31.6. The topological polar surface area (TPSA) is 58.4 Å². The number of sulfonamides is 1. The van der Waals surface area contributed by atoms with Gasteiger partial charge in [0.1, 0.15) is 4.21 Å². The van der Waals surface area contributed by atoms with E-state index in [1.807, 2.05) is 30.6 Å². The van der Waals surface area contributed by atoms with Crippen molar-refractivity contribution < 1.29 is 8.42 Å². The summed E-state index contributed by atoms with van der Waals surface area (Å²) in [4.78, 5) is 6.55. The molecule has 4 heterocycles. The maximum atomic E-state index is 13.2. The van der Waals surface area contributed by atoms with Crippen molar-refractivity contribution in [2.24, 2.45) is 0 Å². The number of piperazine rings is 1. The molecule has 9 heteroatoms. The van der Waals surface area contributed by atoms with Crippen LogP contribution in [0.3, 0.4) is 0 Å². The Kier molecular flexibility index (Phi) is 5.52. The number of nitrogens with zero attached hydrogens (tertiary/aromatic N) is 4. The van der Waals surface area contributed by atoms with Crippen LogP contribution in [0.15, 0.2) is 53.0 Å². The second-order valence-corrected chi connectivity index (χ2v) is 11.4. The summed E-state index contributed by atoms with van der Waals surface area (Å²) in [5.74, 6) is 0. The molecule has 0 radical (unpaired) electrons. The Balaban J connectivity index is 1.31. The lowest BCUT2D eigenvalue weighted by molar-refractivity contribution is 0.178. The normalized spacial score (nSPS) is 16.5. The minimum atomic E-state index is -3.50. The monoisotopic (exact) mass is 474 g/mol. The molecule has 0 aliphatic carbocycles. The molecule has 0 saturated carbocycles. The Labute approximate surface area is 190 Å². The molecule has 0 spiro atoms. The highest BCUT2D eigenvalue weighted by atomic mass is 35.5. The van der Waals surface area contributed by atoms with Crippen LogP contribution in [0.4, 0.5) is 0 Å². The highest BCUT2D eigenvalue weighted by Gasteiger charge is 2.30. The standard InChI is InChI=1S/C22H23ClN4O2S2/c1-2-27-19(11-17-14-24-6-5-20(17)27)15-25-7-9-26(10-8-25)31(28,29)22-12-16-3-4-18(23)13-21(16)30-22/h3-6,11-14H,2,7-10,15H2,1H3. The van der Waals surface area contributed by atoms with Gasteiger partial charge in [0.05, 0.1) is 5.52 Å². The van der Waals surface area contributed by atoms with Gasteiger partial charge in [-0.2, -0.15) is 4.31 Å². The van der Waals surface area contributed by atoms with Crippen LogP contribution < -0.4 is 0 Å². The molecule has 3 aromatic heterocycles. The molecule has 4 aromatic rings. The maximum absolute atomic E-state index is 13.2. The molecule has 1 aliphatic heterocycles. The summed E-state index contributed by atoms with van der Waals surface area (Å²) in [6.45, 7) is 6.24. The Morgan fingerprint density at radius 2 is 1.87 bits per heavy atom. The van der Waals surface area contributed by atoms with Crippen LogP contribution >= 0.6 is 22.9 Å². The smallest absolute Gasteiger partial charge is 0.252 e. The lowest BCUT2D eigenvalue weighted by Crippen LogP contribution is -2.48. The largest absolute Gasteiger partial charge is 0.343 e. The van der Waals surface area contributed by atoms with Gasteiger partial charge in [0.25, 0.3) is 10.0 Å². The second-order valence-electron chi connectivity index (χ2n) is 7.74. The average Bonchev–Trinajstić information content (AvgIpc) is 3.35. The minimum Gasteiger partial charge on any atom is -0.343 e. The predicted molar refractivity (Wildman–Crippen MR) is 126 cm³/mol. The summed E-state index contributed by atoms with van der Waals surface area (Å²) in [5.41, 5.74) is 2.43. The fourth-order valence-corrected chi connectivity index (χ4v) is 7.52. The molecule has 0 N–H and O–H groups in total. The fourth-order valence-electron chi connectivity index (χ4n) is 4.27. The summed E-state index contributed by atoms with van der Waals surface area (Å²) >= 11 is 7.34. The van der Waals surface area contributed by atoms with Crippen molar-refractivity contribution in [2.45, 2.75) is 24.2 Å². The van der Waals surface area contributed by atoms with Crippen LogP contribution in [0, 0.1) is 0 Å². The molecule has 1 saturated heterocycles. The second kappa shape index (κ2) is 8.18. The molecule has 0 unspecified atom stereocenters. The van der Waals surface area contributed by atoms with Crippen molar-refractivity contribution in [3.8, 4) is 0 Å². The quantitative estimate of drug-likeness (QED) is 0.429. The molecule has 6 nitrogen and oxygen atoms in total. The van der Waals surface area contributed by atoms with Crippen LogP contribution in [0.1, 0.15) is 12.6 Å². The number of pyridine rings is 1. The Morgan fingerprint density at radius 3 is 2.65 bits per heavy atom. The van der Waals surface area contributed by atoms with E-state index in [-0.39, 0.29) is 0 Å². The molecular formula is C22H23ClN4O2S2. The zero-order chi connectivity index (χ0) is 21.6. The Bertz CT molecular complexity index is 1350. The molecule has 0 amide bonds. The predicted octanol–water partition coefficient (Wildman–Crippen LogP) is 4.43. The number of hydrogen-bond donors (Lipinski definition) is 0. The highest BCUT2D eigenvalue weighted by molar-refractivity contribution is 7.91. The molecular weight excluding hydrogens is 452 g/mol. The van der Waals surface area contributed by atoms with Gasteiger partial charge in [-0.25, -0.2) is 8.42 Å². The molecule has 1 aliphatic rings. The van der Waals surface area contributed by atoms with E-state index in [2.05, 4.69) is 27.4 Å². The van der Waals surface area contributed by atoms with Gasteiger partial charge in [-0.1, -0.05) is 17.7 Å². The molecule has 5 rings (SSSR count). The van der Waals surface area contributed by atoms with Gasteiger partial charge < -0.3 is 4.57 Å². The number of thiophene rings is 1. The van der Waals surface area contributed by atoms with Gasteiger partial charge in [-0.15, -0.1) is 11.3 Å². The van der Waals surface area contributed by atoms with Gasteiger partial charge in [0.15, 0.2) is 0 Å². The van der Waals surface area contributed by atoms with Crippen LogP contribution in [-0.2, 0) is 23.1 Å². The summed E-state index contributed by atoms with van der Waals surface area (Å²) in [6, 6.07) is 11.5. The van der Waals surface area contributed by atoms with E-state index in [0.717, 1.165) is 28.6 Å². The first-order valence-electron chi connectivity index (χ1n) is 10.3. The van der Waals surface area contributed by atoms with Crippen molar-refractivity contribution in [3.05, 3.63) is 59.5 Å². The number of aromatic nitrogens is 2. The molecule has 0 atom stereocenters. The first kappa shape index (κ1) is 20.9. The first-order valence-corrected chi connectivity index (χ1v) is 12.9. The van der Waals surface area contributed by atoms with Crippen molar-refractivity contribution in [1.29, 1.82) is 0 Å². The fraction of sp³-hybridized carbons (Fsp3) is 0.318. The van der Waals surface area contributed by atoms with E-state index in [9.17, 15) is 8.42 Å². The summed E-state index contributed by atoms with van der Waals surface area (Å²) in [7, 11) is -3.50. The third-order valence-electron chi connectivity index (χ3n) is 5.87. The van der Waals surface area contributed by atoms with E-state index in [0.29, 0.717) is 35.4 Å². The van der Waals surface area contributed by atoms with Crippen molar-refractivity contribution >= 4 is 54.0 Å². The number of hydrogen-bond acceptors (Lipinski definition) is 5. The van der Waals surface area contributed by atoms with Gasteiger partial charge in [-0.3, -0.25) is 9.88 Å². The summed E-state index contributed by atoms with van der Waals surface area (Å²) in [6.07, 6.45) is 3.72. The highest BCUT2D eigenvalue weighted by Crippen LogP contribution is 2.33. The number of halogens is 1. The van der Waals surface area contributed by atoms with Crippen LogP contribution in [0.25, 0.3) is 21.0 Å². The van der Waals surface area contributed by atoms with Crippen molar-refractivity contribution in [2.75, 3.05) is 26.2 Å². The SMILES string of the molecule is CCn1c(CN2CCN(S(=O)(=O)c3cc4ccc(Cl)cc4s3)CC2)cc2cnccc21. The zero-order valence-electron chi connectivity index (χ0n) is 17.2. The zero-order valence-corrected chi connectivity index (χ0v) is 19.6. The van der Waals surface area contributed by atoms with Gasteiger partial charge in [-0.05, 0) is 42.6 Å². The number of aryl methyl sites for hydroxylation is 1. The molecule has 0 bridgehead atoms. The Hall–Kier alpha value is -1.97. The van der Waals surface area contributed by atoms with Crippen LogP contribution in [0.5, 0.6) is 0 Å². The lowest BCUT2D eigenvalue weighted by Gasteiger charge is -2.33. The van der Waals surface area contributed by atoms with Gasteiger partial charge >= 0.3 is 0 Å². The number of benzene rings is 1. The van der Waals surface area contributed by atoms with Crippen molar-refractivity contribution in [3.63, 3.8) is 0 Å². The first-order chi connectivity index (χ1) is 15.0. The average molecular weight is 475 g/mol. The van der Waals surface area contributed by atoms with Crippen molar-refractivity contribution in [1.82, 2.24) is 18.8 Å². The lowest BCUT2D eigenvalue weighted by atomic mass is 10.3. The summed E-state index contributed by atoms with van der Waals surface area (Å²) in [5, 5.41) is 2.67. The van der Waals surface area contributed by atoms with Gasteiger partial charge in [0, 0.05) is 72.5 Å². The van der Waals surface area contributed by atoms with Crippen LogP contribution in [-0.4, -0.2) is 53.4 Å². The van der Waals surface area contributed by atoms with E-state index < -0.39 is 10.0 Å². The third kappa shape index (κ3) is 3.87. The number of fused-ring (bicyclic) bond motifs is 2. The molecule has 162 valence electrons. The van der Waals surface area contributed by atoms with E-state index in [4.69, 9.17) is 11.6 Å². The minimum absolute atomic E-state index is 0.386. The number of rotatable bonds is 5. The Morgan fingerprint density at radius 1 is 1.06 bits per heavy atom. The van der Waals surface area contributed by atoms with Crippen LogP contribution in [0.2, 0.25) is 5.02 Å². The van der Waals surface area contributed by atoms with Gasteiger partial charge in [0.2, 0.25) is 0 Å². The van der Waals surface area contributed by atoms with E-state index >= 15 is 0 Å². The molecule has 1 aromatic carbocycles. The van der Waals surface area contributed by atoms with E-state index in [1.165, 1.54) is 22.5 Å². The molecule has 1 fully saturated rings.